The summed E-state index contributed by atoms with van der Waals surface area (Å²) < 4.78 is 11.2. The quantitative estimate of drug-likeness (QED) is 0.907. The maximum atomic E-state index is 12.3. The number of anilines is 1. The molecule has 0 spiro atoms. The summed E-state index contributed by atoms with van der Waals surface area (Å²) in [7, 11) is 0. The van der Waals surface area contributed by atoms with Crippen molar-refractivity contribution in [3.05, 3.63) is 52.0 Å². The maximum absolute atomic E-state index is 12.3. The number of carbonyl (C=O) groups excluding carboxylic acids is 1. The number of benzene rings is 2. The smallest absolute Gasteiger partial charge is 0.255 e. The van der Waals surface area contributed by atoms with Crippen molar-refractivity contribution in [3.63, 3.8) is 0 Å². The highest BCUT2D eigenvalue weighted by Gasteiger charge is 2.20. The van der Waals surface area contributed by atoms with E-state index in [2.05, 4.69) is 21.2 Å². The van der Waals surface area contributed by atoms with E-state index >= 15 is 0 Å². The summed E-state index contributed by atoms with van der Waals surface area (Å²) in [6.45, 7) is 0.135. The number of nitrogens with one attached hydrogen (secondary N) is 1. The van der Waals surface area contributed by atoms with E-state index in [0.29, 0.717) is 32.8 Å². The first-order chi connectivity index (χ1) is 10.2. The molecule has 5 nitrogen and oxygen atoms in total. The lowest BCUT2D eigenvalue weighted by molar-refractivity contribution is 0.102. The van der Waals surface area contributed by atoms with Crippen molar-refractivity contribution in [1.82, 2.24) is 0 Å². The van der Waals surface area contributed by atoms with Crippen LogP contribution in [0, 0.1) is 11.3 Å². The van der Waals surface area contributed by atoms with Crippen LogP contribution in [0.3, 0.4) is 0 Å². The summed E-state index contributed by atoms with van der Waals surface area (Å²) in [6.07, 6.45) is 0. The van der Waals surface area contributed by atoms with Crippen LogP contribution in [-0.2, 0) is 0 Å². The molecule has 3 rings (SSSR count). The molecular weight excluding hydrogens is 336 g/mol. The second-order valence-corrected chi connectivity index (χ2v) is 5.16. The van der Waals surface area contributed by atoms with Gasteiger partial charge in [-0.15, -0.1) is 0 Å². The molecule has 0 aromatic heterocycles. The molecule has 1 amide bonds. The van der Waals surface area contributed by atoms with Crippen LogP contribution < -0.4 is 14.8 Å². The normalized spacial score (nSPS) is 11.8. The summed E-state index contributed by atoms with van der Waals surface area (Å²) in [5, 5.41) is 11.7. The van der Waals surface area contributed by atoms with Gasteiger partial charge in [0.2, 0.25) is 6.79 Å². The number of carbonyl (C=O) groups is 1. The van der Waals surface area contributed by atoms with Crippen molar-refractivity contribution in [3.8, 4) is 17.6 Å². The molecule has 1 N–H and O–H groups in total. The van der Waals surface area contributed by atoms with E-state index in [0.717, 1.165) is 0 Å². The van der Waals surface area contributed by atoms with Gasteiger partial charge in [-0.05, 0) is 40.2 Å². The Balaban J connectivity index is 1.90. The molecule has 0 radical (unpaired) electrons. The predicted octanol–water partition coefficient (Wildman–Crippen LogP) is 3.30. The number of hydrogen-bond acceptors (Lipinski definition) is 4. The van der Waals surface area contributed by atoms with Crippen molar-refractivity contribution >= 4 is 27.5 Å². The zero-order chi connectivity index (χ0) is 14.8. The molecule has 2 aromatic carbocycles. The van der Waals surface area contributed by atoms with Crippen molar-refractivity contribution in [2.45, 2.75) is 0 Å². The van der Waals surface area contributed by atoms with Crippen LogP contribution >= 0.6 is 15.9 Å². The first-order valence-corrected chi connectivity index (χ1v) is 6.88. The van der Waals surface area contributed by atoms with E-state index in [1.54, 1.807) is 36.4 Å². The first-order valence-electron chi connectivity index (χ1n) is 6.08. The van der Waals surface area contributed by atoms with Gasteiger partial charge in [-0.3, -0.25) is 4.79 Å². The Morgan fingerprint density at radius 3 is 2.90 bits per heavy atom. The zero-order valence-electron chi connectivity index (χ0n) is 10.7. The molecule has 1 aliphatic rings. The highest BCUT2D eigenvalue weighted by atomic mass is 79.9. The lowest BCUT2D eigenvalue weighted by Gasteiger charge is -2.08. The molecule has 0 fully saturated rings. The number of ether oxygens (including phenoxy) is 2. The Morgan fingerprint density at radius 2 is 2.10 bits per heavy atom. The molecule has 0 saturated carbocycles. The first kappa shape index (κ1) is 13.5. The number of nitriles is 1. The molecule has 0 aliphatic carbocycles. The monoisotopic (exact) mass is 344 g/mol. The average molecular weight is 345 g/mol. The summed E-state index contributed by atoms with van der Waals surface area (Å²) in [4.78, 5) is 12.3. The van der Waals surface area contributed by atoms with Gasteiger partial charge in [0.1, 0.15) is 6.07 Å². The van der Waals surface area contributed by atoms with Gasteiger partial charge in [0.05, 0.1) is 15.7 Å². The van der Waals surface area contributed by atoms with Gasteiger partial charge < -0.3 is 14.8 Å². The van der Waals surface area contributed by atoms with Crippen LogP contribution in [0.15, 0.2) is 40.9 Å². The Kier molecular flexibility index (Phi) is 3.50. The maximum Gasteiger partial charge on any atom is 0.255 e. The number of fused-ring (bicyclic) bond motifs is 1. The molecule has 0 saturated heterocycles. The van der Waals surface area contributed by atoms with Gasteiger partial charge in [-0.25, -0.2) is 0 Å². The molecule has 2 aromatic rings. The van der Waals surface area contributed by atoms with E-state index in [4.69, 9.17) is 14.7 Å². The molecule has 104 valence electrons. The predicted molar refractivity (Wildman–Crippen MR) is 79.4 cm³/mol. The summed E-state index contributed by atoms with van der Waals surface area (Å²) >= 11 is 3.34. The third kappa shape index (κ3) is 2.56. The Bertz CT molecular complexity index is 768. The van der Waals surface area contributed by atoms with Crippen LogP contribution in [0.5, 0.6) is 11.5 Å². The van der Waals surface area contributed by atoms with Crippen molar-refractivity contribution in [2.24, 2.45) is 0 Å². The summed E-state index contributed by atoms with van der Waals surface area (Å²) in [5.41, 5.74) is 1.29. The average Bonchev–Trinajstić information content (AvgIpc) is 2.96. The largest absolute Gasteiger partial charge is 0.454 e. The minimum atomic E-state index is -0.322. The van der Waals surface area contributed by atoms with E-state index < -0.39 is 0 Å². The van der Waals surface area contributed by atoms with Crippen molar-refractivity contribution in [1.29, 1.82) is 5.26 Å². The van der Waals surface area contributed by atoms with Gasteiger partial charge in [-0.2, -0.15) is 5.26 Å². The lowest BCUT2D eigenvalue weighted by Crippen LogP contribution is -2.12. The topological polar surface area (TPSA) is 71.4 Å². The zero-order valence-corrected chi connectivity index (χ0v) is 12.3. The molecule has 1 aliphatic heterocycles. The van der Waals surface area contributed by atoms with E-state index in [1.807, 2.05) is 6.07 Å². The van der Waals surface area contributed by atoms with Crippen molar-refractivity contribution in [2.75, 3.05) is 12.1 Å². The van der Waals surface area contributed by atoms with Gasteiger partial charge in [0.25, 0.3) is 5.91 Å². The number of para-hydroxylation sites is 1. The number of halogens is 1. The second-order valence-electron chi connectivity index (χ2n) is 4.30. The number of rotatable bonds is 2. The minimum Gasteiger partial charge on any atom is -0.454 e. The third-order valence-electron chi connectivity index (χ3n) is 2.99. The molecule has 0 atom stereocenters. The van der Waals surface area contributed by atoms with Crippen molar-refractivity contribution < 1.29 is 14.3 Å². The van der Waals surface area contributed by atoms with Gasteiger partial charge in [0.15, 0.2) is 11.5 Å². The third-order valence-corrected chi connectivity index (χ3v) is 3.57. The second kappa shape index (κ2) is 5.46. The minimum absolute atomic E-state index is 0.135. The van der Waals surface area contributed by atoms with E-state index in [1.165, 1.54) is 0 Å². The van der Waals surface area contributed by atoms with Gasteiger partial charge >= 0.3 is 0 Å². The SMILES string of the molecule is N#Cc1ccccc1NC(=O)c1cc(Br)c2c(c1)OCO2. The molecule has 1 heterocycles. The molecule has 0 unspecified atom stereocenters. The fraction of sp³-hybridized carbons (Fsp3) is 0.0667. The summed E-state index contributed by atoms with van der Waals surface area (Å²) in [5.74, 6) is 0.781. The van der Waals surface area contributed by atoms with Crippen LogP contribution in [0.2, 0.25) is 0 Å². The molecular formula is C15H9BrN2O3. The molecule has 21 heavy (non-hydrogen) atoms. The Hall–Kier alpha value is -2.52. The highest BCUT2D eigenvalue weighted by molar-refractivity contribution is 9.10. The van der Waals surface area contributed by atoms with Crippen LogP contribution in [0.4, 0.5) is 5.69 Å². The summed E-state index contributed by atoms with van der Waals surface area (Å²) in [6, 6.07) is 12.1. The number of nitrogens with zero attached hydrogens (tertiary/aromatic N) is 1. The number of hydrogen-bond donors (Lipinski definition) is 1. The van der Waals surface area contributed by atoms with E-state index in [-0.39, 0.29) is 12.7 Å². The Morgan fingerprint density at radius 1 is 1.29 bits per heavy atom. The Labute approximate surface area is 129 Å². The standard InChI is InChI=1S/C15H9BrN2O3/c16-11-5-10(6-13-14(11)21-8-20-13)15(19)18-12-4-2-1-3-9(12)7-17/h1-6H,8H2,(H,18,19). The number of amides is 1. The van der Waals surface area contributed by atoms with Crippen LogP contribution in [0.1, 0.15) is 15.9 Å². The lowest BCUT2D eigenvalue weighted by atomic mass is 10.1. The fourth-order valence-electron chi connectivity index (χ4n) is 1.98. The molecule has 6 heteroatoms. The fourth-order valence-corrected chi connectivity index (χ4v) is 2.54. The van der Waals surface area contributed by atoms with Gasteiger partial charge in [0, 0.05) is 5.56 Å². The van der Waals surface area contributed by atoms with Crippen LogP contribution in [0.25, 0.3) is 0 Å². The highest BCUT2D eigenvalue weighted by Crippen LogP contribution is 2.40. The van der Waals surface area contributed by atoms with E-state index in [9.17, 15) is 4.79 Å². The van der Waals surface area contributed by atoms with Crippen LogP contribution in [-0.4, -0.2) is 12.7 Å². The molecule has 0 bridgehead atoms. The van der Waals surface area contributed by atoms with Gasteiger partial charge in [-0.1, -0.05) is 12.1 Å².